The molecule has 8 nitrogen and oxygen atoms in total. The van der Waals surface area contributed by atoms with Crippen LogP contribution < -0.4 is 9.64 Å². The number of thiazole rings is 1. The Balaban J connectivity index is 1.89. The Bertz CT molecular complexity index is 1370. The lowest BCUT2D eigenvalue weighted by Gasteiger charge is -2.23. The average Bonchev–Trinajstić information content (AvgIpc) is 3.40. The van der Waals surface area contributed by atoms with Crippen molar-refractivity contribution in [3.8, 4) is 5.75 Å². The van der Waals surface area contributed by atoms with Crippen molar-refractivity contribution in [3.05, 3.63) is 81.4 Å². The molecule has 1 N–H and O–H groups in total. The number of aliphatic hydroxyl groups is 1. The van der Waals surface area contributed by atoms with Crippen molar-refractivity contribution in [2.75, 3.05) is 18.6 Å². The second kappa shape index (κ2) is 10.6. The number of ether oxygens (including phenoxy) is 2. The number of amides is 1. The van der Waals surface area contributed by atoms with Crippen LogP contribution in [0.4, 0.5) is 5.13 Å². The van der Waals surface area contributed by atoms with Crippen LogP contribution in [0.3, 0.4) is 0 Å². The van der Waals surface area contributed by atoms with Gasteiger partial charge in [-0.25, -0.2) is 9.78 Å². The third-order valence-electron chi connectivity index (χ3n) is 6.16. The van der Waals surface area contributed by atoms with Gasteiger partial charge in [0.2, 0.25) is 0 Å². The van der Waals surface area contributed by atoms with Crippen molar-refractivity contribution < 1.29 is 29.0 Å². The average molecular weight is 521 g/mol. The number of carbonyl (C=O) groups is 3. The Morgan fingerprint density at radius 3 is 2.32 bits per heavy atom. The van der Waals surface area contributed by atoms with Crippen LogP contribution in [0.2, 0.25) is 0 Å². The van der Waals surface area contributed by atoms with E-state index in [0.717, 1.165) is 16.9 Å². The molecule has 9 heteroatoms. The molecule has 1 aliphatic rings. The van der Waals surface area contributed by atoms with Gasteiger partial charge >= 0.3 is 11.9 Å². The normalized spacial score (nSPS) is 16.9. The maximum atomic E-state index is 13.4. The lowest BCUT2D eigenvalue weighted by atomic mass is 9.93. The summed E-state index contributed by atoms with van der Waals surface area (Å²) < 4.78 is 10.3. The number of ketones is 1. The van der Waals surface area contributed by atoms with E-state index in [4.69, 9.17) is 9.47 Å². The Labute approximate surface area is 219 Å². The zero-order chi connectivity index (χ0) is 26.9. The number of aryl methyl sites for hydroxylation is 1. The first-order chi connectivity index (χ1) is 17.7. The fourth-order valence-electron chi connectivity index (χ4n) is 4.21. The summed E-state index contributed by atoms with van der Waals surface area (Å²) in [4.78, 5) is 44.8. The minimum Gasteiger partial charge on any atom is -0.507 e. The Kier molecular flexibility index (Phi) is 7.45. The van der Waals surface area contributed by atoms with E-state index in [1.54, 1.807) is 31.2 Å². The van der Waals surface area contributed by atoms with E-state index in [2.05, 4.69) is 18.8 Å². The van der Waals surface area contributed by atoms with Crippen LogP contribution in [0.25, 0.3) is 5.76 Å². The summed E-state index contributed by atoms with van der Waals surface area (Å²) >= 11 is 0.965. The quantitative estimate of drug-likeness (QED) is 0.193. The number of hydrogen-bond acceptors (Lipinski definition) is 8. The fourth-order valence-corrected chi connectivity index (χ4v) is 5.22. The molecule has 1 aliphatic heterocycles. The summed E-state index contributed by atoms with van der Waals surface area (Å²) in [6.45, 7) is 8.13. The van der Waals surface area contributed by atoms with E-state index < -0.39 is 23.7 Å². The summed E-state index contributed by atoms with van der Waals surface area (Å²) in [5, 5.41) is 11.5. The van der Waals surface area contributed by atoms with Gasteiger partial charge in [-0.2, -0.15) is 0 Å². The third kappa shape index (κ3) is 4.86. The summed E-state index contributed by atoms with van der Waals surface area (Å²) in [6.07, 6.45) is 0. The molecule has 2 aromatic carbocycles. The molecule has 2 heterocycles. The highest BCUT2D eigenvalue weighted by Gasteiger charge is 2.48. The van der Waals surface area contributed by atoms with Crippen LogP contribution in [0, 0.1) is 6.92 Å². The van der Waals surface area contributed by atoms with Gasteiger partial charge in [-0.3, -0.25) is 14.5 Å². The smallest absolute Gasteiger partial charge is 0.350 e. The number of benzene rings is 2. The van der Waals surface area contributed by atoms with Gasteiger partial charge in [-0.05, 0) is 55.2 Å². The van der Waals surface area contributed by atoms with Crippen molar-refractivity contribution in [2.24, 2.45) is 0 Å². The highest BCUT2D eigenvalue weighted by molar-refractivity contribution is 7.17. The van der Waals surface area contributed by atoms with Crippen LogP contribution >= 0.6 is 11.3 Å². The van der Waals surface area contributed by atoms with Crippen molar-refractivity contribution in [2.45, 2.75) is 39.7 Å². The molecule has 37 heavy (non-hydrogen) atoms. The lowest BCUT2D eigenvalue weighted by Crippen LogP contribution is -2.29. The summed E-state index contributed by atoms with van der Waals surface area (Å²) in [5.74, 6) is -1.65. The zero-order valence-corrected chi connectivity index (χ0v) is 22.1. The molecule has 1 unspecified atom stereocenters. The van der Waals surface area contributed by atoms with E-state index in [1.807, 2.05) is 31.2 Å². The van der Waals surface area contributed by atoms with Crippen molar-refractivity contribution >= 4 is 39.9 Å². The molecule has 1 atom stereocenters. The molecular weight excluding hydrogens is 492 g/mol. The number of carbonyl (C=O) groups excluding carboxylic acids is 3. The van der Waals surface area contributed by atoms with Crippen LogP contribution in [0.15, 0.2) is 54.1 Å². The number of anilines is 1. The molecule has 0 bridgehead atoms. The number of aliphatic hydroxyl groups excluding tert-OH is 1. The number of Topliss-reactive ketones (excluding diaryl/α,β-unsaturated/α-hetero) is 1. The first-order valence-corrected chi connectivity index (χ1v) is 12.7. The second-order valence-electron chi connectivity index (χ2n) is 8.85. The summed E-state index contributed by atoms with van der Waals surface area (Å²) in [5.41, 5.74) is 2.41. The van der Waals surface area contributed by atoms with E-state index in [-0.39, 0.29) is 27.3 Å². The number of esters is 1. The molecule has 0 aliphatic carbocycles. The number of methoxy groups -OCH3 is 1. The highest BCUT2D eigenvalue weighted by atomic mass is 32.1. The predicted molar refractivity (Wildman–Crippen MR) is 141 cm³/mol. The molecular formula is C28H28N2O6S. The molecule has 3 aromatic rings. The van der Waals surface area contributed by atoms with Crippen molar-refractivity contribution in [1.82, 2.24) is 4.98 Å². The van der Waals surface area contributed by atoms with Gasteiger partial charge < -0.3 is 14.6 Å². The van der Waals surface area contributed by atoms with Crippen LogP contribution in [0.5, 0.6) is 5.75 Å². The van der Waals surface area contributed by atoms with E-state index in [1.165, 1.54) is 12.0 Å². The number of rotatable bonds is 7. The third-order valence-corrected chi connectivity index (χ3v) is 7.30. The van der Waals surface area contributed by atoms with Gasteiger partial charge in [0.15, 0.2) is 5.13 Å². The van der Waals surface area contributed by atoms with Gasteiger partial charge in [0, 0.05) is 5.56 Å². The predicted octanol–water partition coefficient (Wildman–Crippen LogP) is 5.39. The minimum absolute atomic E-state index is 0.0565. The van der Waals surface area contributed by atoms with Crippen LogP contribution in [-0.4, -0.2) is 41.5 Å². The van der Waals surface area contributed by atoms with Gasteiger partial charge in [0.25, 0.3) is 5.78 Å². The van der Waals surface area contributed by atoms with Gasteiger partial charge in [0.1, 0.15) is 16.4 Å². The maximum absolute atomic E-state index is 13.4. The molecule has 0 spiro atoms. The van der Waals surface area contributed by atoms with Crippen molar-refractivity contribution in [3.63, 3.8) is 0 Å². The molecule has 4 rings (SSSR count). The maximum Gasteiger partial charge on any atom is 0.350 e. The molecule has 1 fully saturated rings. The molecule has 0 radical (unpaired) electrons. The molecule has 0 saturated carbocycles. The fraction of sp³-hybridized carbons (Fsp3) is 0.286. The van der Waals surface area contributed by atoms with E-state index in [9.17, 15) is 19.5 Å². The SMILES string of the molecule is CCOc1ccc(/C(O)=C2/C(=O)C(=O)N(c3nc(C)c(C(=O)OC)s3)C2c2ccc(C(C)C)cc2)cc1. The van der Waals surface area contributed by atoms with Gasteiger partial charge in [-0.1, -0.05) is 49.4 Å². The Hall–Kier alpha value is -3.98. The number of nitrogens with zero attached hydrogens (tertiary/aromatic N) is 2. The van der Waals surface area contributed by atoms with Gasteiger partial charge in [-0.15, -0.1) is 0 Å². The lowest BCUT2D eigenvalue weighted by molar-refractivity contribution is -0.132. The number of hydrogen-bond donors (Lipinski definition) is 1. The first-order valence-electron chi connectivity index (χ1n) is 11.9. The van der Waals surface area contributed by atoms with E-state index >= 15 is 0 Å². The largest absolute Gasteiger partial charge is 0.507 e. The first kappa shape index (κ1) is 26.1. The molecule has 1 aromatic heterocycles. The Morgan fingerprint density at radius 1 is 1.11 bits per heavy atom. The molecule has 192 valence electrons. The molecule has 1 saturated heterocycles. The summed E-state index contributed by atoms with van der Waals surface area (Å²) in [7, 11) is 1.26. The summed E-state index contributed by atoms with van der Waals surface area (Å²) in [6, 6.07) is 13.3. The standard InChI is InChI=1S/C28H28N2O6S/c1-6-36-20-13-11-19(12-14-20)23(31)21-22(18-9-7-17(8-10-18)15(2)3)30(26(33)24(21)32)28-29-16(4)25(37-28)27(34)35-5/h7-15,22,31H,6H2,1-5H3/b23-21-. The highest BCUT2D eigenvalue weighted by Crippen LogP contribution is 2.44. The minimum atomic E-state index is -0.941. The number of aromatic nitrogens is 1. The monoisotopic (exact) mass is 520 g/mol. The van der Waals surface area contributed by atoms with Gasteiger partial charge in [0.05, 0.1) is 31.0 Å². The second-order valence-corrected chi connectivity index (χ2v) is 9.83. The molecule has 1 amide bonds. The zero-order valence-electron chi connectivity index (χ0n) is 21.3. The van der Waals surface area contributed by atoms with Crippen LogP contribution in [0.1, 0.15) is 64.8 Å². The Morgan fingerprint density at radius 2 is 1.76 bits per heavy atom. The van der Waals surface area contributed by atoms with Crippen LogP contribution in [-0.2, 0) is 14.3 Å². The van der Waals surface area contributed by atoms with E-state index in [0.29, 0.717) is 29.2 Å². The topological polar surface area (TPSA) is 106 Å². The van der Waals surface area contributed by atoms with Crippen molar-refractivity contribution in [1.29, 1.82) is 0 Å².